The summed E-state index contributed by atoms with van der Waals surface area (Å²) in [4.78, 5) is 43.9. The van der Waals surface area contributed by atoms with Gasteiger partial charge in [-0.15, -0.1) is 0 Å². The van der Waals surface area contributed by atoms with E-state index in [0.717, 1.165) is 0 Å². The SMILES string of the molecule is O=C(O)CC(NC(=O)CNC(=O)c1ccco1)C(=O)O. The molecule has 0 saturated heterocycles. The van der Waals surface area contributed by atoms with E-state index in [1.165, 1.54) is 18.4 Å². The Kier molecular flexibility index (Phi) is 5.27. The number of carbonyl (C=O) groups is 4. The Bertz CT molecular complexity index is 509. The lowest BCUT2D eigenvalue weighted by molar-refractivity contribution is -0.147. The van der Waals surface area contributed by atoms with Gasteiger partial charge in [0.25, 0.3) is 5.91 Å². The van der Waals surface area contributed by atoms with Crippen LogP contribution in [0.5, 0.6) is 0 Å². The molecule has 1 aromatic heterocycles. The van der Waals surface area contributed by atoms with Crippen molar-refractivity contribution in [2.75, 3.05) is 6.54 Å². The molecule has 9 nitrogen and oxygen atoms in total. The van der Waals surface area contributed by atoms with Crippen LogP contribution in [0.2, 0.25) is 0 Å². The maximum atomic E-state index is 11.4. The molecule has 0 spiro atoms. The van der Waals surface area contributed by atoms with Gasteiger partial charge in [0.15, 0.2) is 5.76 Å². The van der Waals surface area contributed by atoms with E-state index in [2.05, 4.69) is 5.32 Å². The van der Waals surface area contributed by atoms with E-state index >= 15 is 0 Å². The van der Waals surface area contributed by atoms with Crippen LogP contribution in [0, 0.1) is 0 Å². The molecule has 0 aromatic carbocycles. The smallest absolute Gasteiger partial charge is 0.326 e. The molecule has 9 heteroatoms. The highest BCUT2D eigenvalue weighted by Crippen LogP contribution is 1.98. The first-order valence-electron chi connectivity index (χ1n) is 5.46. The number of carboxylic acids is 2. The van der Waals surface area contributed by atoms with E-state index in [0.29, 0.717) is 0 Å². The molecular weight excluding hydrogens is 272 g/mol. The van der Waals surface area contributed by atoms with Gasteiger partial charge in [-0.25, -0.2) is 4.79 Å². The Balaban J connectivity index is 2.44. The zero-order valence-electron chi connectivity index (χ0n) is 10.2. The number of aliphatic carboxylic acids is 2. The van der Waals surface area contributed by atoms with Crippen molar-refractivity contribution in [1.29, 1.82) is 0 Å². The van der Waals surface area contributed by atoms with Crippen molar-refractivity contribution in [3.05, 3.63) is 24.2 Å². The van der Waals surface area contributed by atoms with Crippen LogP contribution in [-0.2, 0) is 14.4 Å². The van der Waals surface area contributed by atoms with Crippen molar-refractivity contribution in [1.82, 2.24) is 10.6 Å². The molecule has 0 aliphatic rings. The van der Waals surface area contributed by atoms with Crippen molar-refractivity contribution in [2.24, 2.45) is 0 Å². The van der Waals surface area contributed by atoms with Crippen LogP contribution in [0.15, 0.2) is 22.8 Å². The van der Waals surface area contributed by atoms with Gasteiger partial charge in [0.2, 0.25) is 5.91 Å². The van der Waals surface area contributed by atoms with Crippen molar-refractivity contribution in [2.45, 2.75) is 12.5 Å². The molecular formula is C11H12N2O7. The molecule has 4 N–H and O–H groups in total. The van der Waals surface area contributed by atoms with Gasteiger partial charge in [-0.1, -0.05) is 0 Å². The second-order valence-electron chi connectivity index (χ2n) is 3.72. The largest absolute Gasteiger partial charge is 0.481 e. The van der Waals surface area contributed by atoms with Crippen molar-refractivity contribution in [3.63, 3.8) is 0 Å². The minimum absolute atomic E-state index is 0.00174. The molecule has 1 unspecified atom stereocenters. The second-order valence-corrected chi connectivity index (χ2v) is 3.72. The number of carboxylic acid groups (broad SMARTS) is 2. The van der Waals surface area contributed by atoms with Gasteiger partial charge in [0, 0.05) is 0 Å². The van der Waals surface area contributed by atoms with E-state index in [1.54, 1.807) is 0 Å². The van der Waals surface area contributed by atoms with Crippen molar-refractivity contribution in [3.8, 4) is 0 Å². The molecule has 1 atom stereocenters. The molecule has 1 heterocycles. The van der Waals surface area contributed by atoms with Crippen LogP contribution in [0.4, 0.5) is 0 Å². The number of hydrogen-bond acceptors (Lipinski definition) is 5. The number of nitrogens with one attached hydrogen (secondary N) is 2. The third kappa shape index (κ3) is 4.80. The van der Waals surface area contributed by atoms with E-state index in [-0.39, 0.29) is 5.76 Å². The molecule has 0 aliphatic carbocycles. The average molecular weight is 284 g/mol. The van der Waals surface area contributed by atoms with E-state index in [1.807, 2.05) is 5.32 Å². The fraction of sp³-hybridized carbons (Fsp3) is 0.273. The zero-order chi connectivity index (χ0) is 15.1. The molecule has 0 bridgehead atoms. The molecule has 1 aromatic rings. The zero-order valence-corrected chi connectivity index (χ0v) is 10.2. The monoisotopic (exact) mass is 284 g/mol. The first-order chi connectivity index (χ1) is 9.40. The third-order valence-corrected chi connectivity index (χ3v) is 2.17. The number of carbonyl (C=O) groups excluding carboxylic acids is 2. The summed E-state index contributed by atoms with van der Waals surface area (Å²) in [6, 6.07) is 1.32. The minimum atomic E-state index is -1.56. The summed E-state index contributed by atoms with van der Waals surface area (Å²) in [6.45, 7) is -0.497. The van der Waals surface area contributed by atoms with Gasteiger partial charge in [0.1, 0.15) is 6.04 Å². The maximum absolute atomic E-state index is 11.4. The highest BCUT2D eigenvalue weighted by atomic mass is 16.4. The molecule has 2 amide bonds. The van der Waals surface area contributed by atoms with Gasteiger partial charge in [-0.2, -0.15) is 0 Å². The summed E-state index contributed by atoms with van der Waals surface area (Å²) >= 11 is 0. The predicted molar refractivity (Wildman–Crippen MR) is 62.9 cm³/mol. The number of rotatable bonds is 7. The first-order valence-corrected chi connectivity index (χ1v) is 5.46. The lowest BCUT2D eigenvalue weighted by atomic mass is 10.2. The fourth-order valence-electron chi connectivity index (χ4n) is 1.28. The Morgan fingerprint density at radius 3 is 2.45 bits per heavy atom. The van der Waals surface area contributed by atoms with Crippen LogP contribution >= 0.6 is 0 Å². The Morgan fingerprint density at radius 2 is 1.95 bits per heavy atom. The number of furan rings is 1. The first kappa shape index (κ1) is 15.2. The third-order valence-electron chi connectivity index (χ3n) is 2.17. The molecule has 0 saturated carbocycles. The minimum Gasteiger partial charge on any atom is -0.481 e. The molecule has 1 rings (SSSR count). The van der Waals surface area contributed by atoms with E-state index in [4.69, 9.17) is 14.6 Å². The number of amides is 2. The Morgan fingerprint density at radius 1 is 1.25 bits per heavy atom. The second kappa shape index (κ2) is 6.92. The summed E-state index contributed by atoms with van der Waals surface area (Å²) in [6.07, 6.45) is 0.523. The standard InChI is InChI=1S/C11H12N2O7/c14-8(13-6(11(18)19)4-9(15)16)5-12-10(17)7-2-1-3-20-7/h1-3,6H,4-5H2,(H,12,17)(H,13,14)(H,15,16)(H,18,19). The highest BCUT2D eigenvalue weighted by molar-refractivity contribution is 5.95. The van der Waals surface area contributed by atoms with E-state index in [9.17, 15) is 19.2 Å². The van der Waals surface area contributed by atoms with Gasteiger partial charge >= 0.3 is 11.9 Å². The highest BCUT2D eigenvalue weighted by Gasteiger charge is 2.23. The van der Waals surface area contributed by atoms with Crippen molar-refractivity contribution >= 4 is 23.8 Å². The maximum Gasteiger partial charge on any atom is 0.326 e. The summed E-state index contributed by atoms with van der Waals surface area (Å²) in [5.41, 5.74) is 0. The summed E-state index contributed by atoms with van der Waals surface area (Å²) in [5, 5.41) is 21.4. The normalized spacial score (nSPS) is 11.4. The van der Waals surface area contributed by atoms with Crippen LogP contribution < -0.4 is 10.6 Å². The molecule has 0 aliphatic heterocycles. The summed E-state index contributed by atoms with van der Waals surface area (Å²) in [7, 11) is 0. The fourth-order valence-corrected chi connectivity index (χ4v) is 1.28. The number of hydrogen-bond donors (Lipinski definition) is 4. The van der Waals surface area contributed by atoms with Crippen LogP contribution in [0.1, 0.15) is 17.0 Å². The average Bonchev–Trinajstić information content (AvgIpc) is 2.88. The quantitative estimate of drug-likeness (QED) is 0.505. The topological polar surface area (TPSA) is 146 Å². The molecule has 0 radical (unpaired) electrons. The van der Waals surface area contributed by atoms with Crippen LogP contribution in [-0.4, -0.2) is 46.6 Å². The van der Waals surface area contributed by atoms with Crippen LogP contribution in [0.25, 0.3) is 0 Å². The Labute approximate surface area is 112 Å². The molecule has 20 heavy (non-hydrogen) atoms. The van der Waals surface area contributed by atoms with Crippen LogP contribution in [0.3, 0.4) is 0 Å². The van der Waals surface area contributed by atoms with Gasteiger partial charge in [-0.3, -0.25) is 14.4 Å². The lowest BCUT2D eigenvalue weighted by Crippen LogP contribution is -2.46. The molecule has 0 fully saturated rings. The van der Waals surface area contributed by atoms with Gasteiger partial charge in [0.05, 0.1) is 19.2 Å². The summed E-state index contributed by atoms with van der Waals surface area (Å²) < 4.78 is 4.78. The van der Waals surface area contributed by atoms with Gasteiger partial charge in [-0.05, 0) is 12.1 Å². The predicted octanol–water partition coefficient (Wildman–Crippen LogP) is -0.946. The van der Waals surface area contributed by atoms with Gasteiger partial charge < -0.3 is 25.3 Å². The van der Waals surface area contributed by atoms with Crippen molar-refractivity contribution < 1.29 is 33.8 Å². The Hall–Kier alpha value is -2.84. The lowest BCUT2D eigenvalue weighted by Gasteiger charge is -2.12. The molecule has 108 valence electrons. The van der Waals surface area contributed by atoms with E-state index < -0.39 is 42.8 Å². The summed E-state index contributed by atoms with van der Waals surface area (Å²) in [5.74, 6) is -4.30.